The predicted octanol–water partition coefficient (Wildman–Crippen LogP) is 3.36. The van der Waals surface area contributed by atoms with Crippen molar-refractivity contribution in [1.29, 1.82) is 0 Å². The molecule has 3 aromatic rings. The minimum atomic E-state index is -0.518. The molecule has 1 aromatic heterocycles. The van der Waals surface area contributed by atoms with E-state index in [0.29, 0.717) is 46.2 Å². The second-order valence-corrected chi connectivity index (χ2v) is 9.90. The average molecular weight is 498 g/mol. The summed E-state index contributed by atoms with van der Waals surface area (Å²) in [6.07, 6.45) is 0. The molecule has 2 aromatic carbocycles. The van der Waals surface area contributed by atoms with Crippen molar-refractivity contribution in [1.82, 2.24) is 14.9 Å². The molecule has 0 aliphatic carbocycles. The van der Waals surface area contributed by atoms with Gasteiger partial charge in [0.15, 0.2) is 16.7 Å². The largest absolute Gasteiger partial charge is 0.465 e. The van der Waals surface area contributed by atoms with Gasteiger partial charge in [0.25, 0.3) is 5.56 Å². The Labute approximate surface area is 206 Å². The van der Waals surface area contributed by atoms with E-state index in [1.807, 2.05) is 32.0 Å². The van der Waals surface area contributed by atoms with Crippen molar-refractivity contribution in [3.8, 4) is 11.5 Å². The third kappa shape index (κ3) is 5.43. The number of carbonyl (C=O) groups excluding carboxylic acids is 2. The Bertz CT molecular complexity index is 1340. The molecule has 0 bridgehead atoms. The van der Waals surface area contributed by atoms with E-state index in [4.69, 9.17) is 14.2 Å². The molecule has 4 rings (SSSR count). The van der Waals surface area contributed by atoms with E-state index in [1.54, 1.807) is 23.6 Å². The molecule has 35 heavy (non-hydrogen) atoms. The summed E-state index contributed by atoms with van der Waals surface area (Å²) < 4.78 is 17.1. The highest BCUT2D eigenvalue weighted by Crippen LogP contribution is 2.32. The highest BCUT2D eigenvalue weighted by atomic mass is 32.2. The molecule has 0 spiro atoms. The first-order valence-corrected chi connectivity index (χ1v) is 12.1. The first-order valence-electron chi connectivity index (χ1n) is 11.2. The fourth-order valence-corrected chi connectivity index (χ4v) is 4.60. The number of esters is 1. The molecule has 1 aliphatic rings. The van der Waals surface area contributed by atoms with E-state index in [0.717, 1.165) is 5.56 Å². The van der Waals surface area contributed by atoms with Gasteiger partial charge in [-0.1, -0.05) is 31.7 Å². The Morgan fingerprint density at radius 2 is 1.91 bits per heavy atom. The Morgan fingerprint density at radius 3 is 2.66 bits per heavy atom. The molecule has 1 atom stereocenters. The van der Waals surface area contributed by atoms with Crippen molar-refractivity contribution in [3.05, 3.63) is 57.9 Å². The predicted molar refractivity (Wildman–Crippen MR) is 132 cm³/mol. The fraction of sp³-hybridized carbons (Fsp3) is 0.360. The summed E-state index contributed by atoms with van der Waals surface area (Å²) >= 11 is 1.20. The Balaban J connectivity index is 1.56. The van der Waals surface area contributed by atoms with Crippen molar-refractivity contribution in [2.45, 2.75) is 44.3 Å². The molecule has 0 unspecified atom stereocenters. The van der Waals surface area contributed by atoms with Crippen molar-refractivity contribution >= 4 is 34.5 Å². The zero-order chi connectivity index (χ0) is 25.1. The van der Waals surface area contributed by atoms with Crippen LogP contribution in [0.25, 0.3) is 10.9 Å². The van der Waals surface area contributed by atoms with Gasteiger partial charge >= 0.3 is 5.97 Å². The van der Waals surface area contributed by atoms with Crippen molar-refractivity contribution < 1.29 is 23.8 Å². The van der Waals surface area contributed by atoms with Gasteiger partial charge in [0.05, 0.1) is 28.8 Å². The van der Waals surface area contributed by atoms with Gasteiger partial charge < -0.3 is 19.5 Å². The monoisotopic (exact) mass is 497 g/mol. The maximum atomic E-state index is 13.3. The Hall–Kier alpha value is -3.53. The molecular formula is C25H27N3O6S. The maximum absolute atomic E-state index is 13.3. The second-order valence-electron chi connectivity index (χ2n) is 8.59. The number of hydrogen-bond acceptors (Lipinski definition) is 8. The van der Waals surface area contributed by atoms with E-state index in [9.17, 15) is 14.4 Å². The number of nitrogens with one attached hydrogen (secondary N) is 1. The van der Waals surface area contributed by atoms with Crippen LogP contribution in [0.1, 0.15) is 36.7 Å². The number of carbonyl (C=O) groups is 2. The molecular weight excluding hydrogens is 470 g/mol. The first kappa shape index (κ1) is 24.6. The summed E-state index contributed by atoms with van der Waals surface area (Å²) in [5.41, 5.74) is 1.36. The topological polar surface area (TPSA) is 109 Å². The van der Waals surface area contributed by atoms with Crippen LogP contribution in [0.3, 0.4) is 0 Å². The maximum Gasteiger partial charge on any atom is 0.337 e. The minimum absolute atomic E-state index is 0.191. The summed E-state index contributed by atoms with van der Waals surface area (Å²) in [5, 5.41) is 3.23. The zero-order valence-corrected chi connectivity index (χ0v) is 20.8. The lowest BCUT2D eigenvalue weighted by molar-refractivity contribution is -0.120. The quantitative estimate of drug-likeness (QED) is 0.287. The van der Waals surface area contributed by atoms with Crippen LogP contribution in [0.5, 0.6) is 11.5 Å². The molecule has 0 fully saturated rings. The van der Waals surface area contributed by atoms with E-state index in [2.05, 4.69) is 10.3 Å². The van der Waals surface area contributed by atoms with Crippen LogP contribution >= 0.6 is 11.8 Å². The lowest BCUT2D eigenvalue weighted by Gasteiger charge is -2.18. The molecule has 0 radical (unpaired) electrons. The van der Waals surface area contributed by atoms with Crippen molar-refractivity contribution in [2.24, 2.45) is 5.92 Å². The van der Waals surface area contributed by atoms with Gasteiger partial charge in [0.2, 0.25) is 12.7 Å². The Kier molecular flexibility index (Phi) is 7.30. The Morgan fingerprint density at radius 1 is 1.14 bits per heavy atom. The van der Waals surface area contributed by atoms with Crippen LogP contribution < -0.4 is 20.3 Å². The lowest BCUT2D eigenvalue weighted by Crippen LogP contribution is -2.32. The fourth-order valence-electron chi connectivity index (χ4n) is 3.66. The number of ether oxygens (including phenoxy) is 3. The van der Waals surface area contributed by atoms with E-state index in [-0.39, 0.29) is 24.2 Å². The number of nitrogens with zero attached hydrogens (tertiary/aromatic N) is 2. The van der Waals surface area contributed by atoms with E-state index in [1.165, 1.54) is 24.9 Å². The lowest BCUT2D eigenvalue weighted by atomic mass is 10.1. The van der Waals surface area contributed by atoms with Crippen LogP contribution in [-0.2, 0) is 22.6 Å². The average Bonchev–Trinajstić information content (AvgIpc) is 3.31. The minimum Gasteiger partial charge on any atom is -0.465 e. The molecule has 9 nitrogen and oxygen atoms in total. The van der Waals surface area contributed by atoms with E-state index < -0.39 is 11.2 Å². The van der Waals surface area contributed by atoms with Crippen molar-refractivity contribution in [3.63, 3.8) is 0 Å². The van der Waals surface area contributed by atoms with Gasteiger partial charge in [-0.15, -0.1) is 0 Å². The van der Waals surface area contributed by atoms with Gasteiger partial charge in [-0.3, -0.25) is 14.2 Å². The smallest absolute Gasteiger partial charge is 0.337 e. The summed E-state index contributed by atoms with van der Waals surface area (Å²) in [6, 6.07) is 10.2. The van der Waals surface area contributed by atoms with E-state index >= 15 is 0 Å². The van der Waals surface area contributed by atoms with Gasteiger partial charge in [-0.05, 0) is 48.7 Å². The van der Waals surface area contributed by atoms with Gasteiger partial charge in [0, 0.05) is 13.1 Å². The molecule has 184 valence electrons. The molecule has 0 saturated heterocycles. The van der Waals surface area contributed by atoms with Gasteiger partial charge in [-0.2, -0.15) is 0 Å². The van der Waals surface area contributed by atoms with Gasteiger partial charge in [-0.25, -0.2) is 9.78 Å². The SMILES string of the molecule is COC(=O)c1ccc2c(=O)n(CC(C)C)c(S[C@H](C)C(=O)NCc3ccc4c(c3)OCO4)nc2c1. The first-order chi connectivity index (χ1) is 16.8. The number of hydrogen-bond donors (Lipinski definition) is 1. The number of amides is 1. The molecule has 10 heteroatoms. The number of aromatic nitrogens is 2. The normalized spacial score (nSPS) is 13.2. The van der Waals surface area contributed by atoms with Gasteiger partial charge in [0.1, 0.15) is 0 Å². The third-order valence-electron chi connectivity index (χ3n) is 5.44. The summed E-state index contributed by atoms with van der Waals surface area (Å²) in [5.74, 6) is 0.830. The second kappa shape index (κ2) is 10.4. The van der Waals surface area contributed by atoms with Crippen LogP contribution in [0.4, 0.5) is 0 Å². The number of benzene rings is 2. The van der Waals surface area contributed by atoms with Crippen LogP contribution in [0, 0.1) is 5.92 Å². The number of methoxy groups -OCH3 is 1. The number of thioether (sulfide) groups is 1. The van der Waals surface area contributed by atoms with Crippen LogP contribution in [0.2, 0.25) is 0 Å². The summed E-state index contributed by atoms with van der Waals surface area (Å²) in [6.45, 7) is 6.75. The number of fused-ring (bicyclic) bond motifs is 2. The molecule has 0 saturated carbocycles. The molecule has 1 amide bonds. The summed E-state index contributed by atoms with van der Waals surface area (Å²) in [7, 11) is 1.30. The van der Waals surface area contributed by atoms with Crippen LogP contribution in [0.15, 0.2) is 46.3 Å². The molecule has 2 heterocycles. The zero-order valence-electron chi connectivity index (χ0n) is 20.0. The van der Waals surface area contributed by atoms with Crippen LogP contribution in [-0.4, -0.2) is 40.6 Å². The number of rotatable bonds is 8. The third-order valence-corrected chi connectivity index (χ3v) is 6.53. The molecule has 1 aliphatic heterocycles. The van der Waals surface area contributed by atoms with Crippen molar-refractivity contribution in [2.75, 3.05) is 13.9 Å². The molecule has 1 N–H and O–H groups in total. The highest BCUT2D eigenvalue weighted by Gasteiger charge is 2.21. The summed E-state index contributed by atoms with van der Waals surface area (Å²) in [4.78, 5) is 42.7. The highest BCUT2D eigenvalue weighted by molar-refractivity contribution is 8.00. The standard InChI is InChI=1S/C25H27N3O6S/c1-14(2)12-28-23(30)18-7-6-17(24(31)32-4)10-19(18)27-25(28)35-15(3)22(29)26-11-16-5-8-20-21(9-16)34-13-33-20/h5-10,14-15H,11-13H2,1-4H3,(H,26,29)/t15-/m1/s1.